The fourth-order valence-corrected chi connectivity index (χ4v) is 6.79. The molecule has 4 rings (SSSR count). The van der Waals surface area contributed by atoms with Crippen molar-refractivity contribution in [2.45, 2.75) is 141 Å². The first kappa shape index (κ1) is 25.4. The predicted molar refractivity (Wildman–Crippen MR) is 129 cm³/mol. The minimum Gasteiger partial charge on any atom is -0.461 e. The second-order valence-corrected chi connectivity index (χ2v) is 11.3. The normalized spacial score (nSPS) is 30.0. The molecule has 2 amide bonds. The highest BCUT2D eigenvalue weighted by Gasteiger charge is 2.51. The lowest BCUT2D eigenvalue weighted by Crippen LogP contribution is -2.62. The van der Waals surface area contributed by atoms with Gasteiger partial charge < -0.3 is 15.4 Å². The van der Waals surface area contributed by atoms with E-state index in [1.54, 1.807) is 0 Å². The van der Waals surface area contributed by atoms with Gasteiger partial charge in [0.15, 0.2) is 0 Å². The number of hydrogen-bond donors (Lipinski definition) is 2. The van der Waals surface area contributed by atoms with Crippen LogP contribution in [-0.4, -0.2) is 29.7 Å². The van der Waals surface area contributed by atoms with Gasteiger partial charge in [-0.2, -0.15) is 0 Å². The Hall–Kier alpha value is -1.26. The number of rotatable bonds is 14. The number of nitrogens with one attached hydrogen (secondary N) is 2. The highest BCUT2D eigenvalue weighted by Crippen LogP contribution is 2.55. The Balaban J connectivity index is 1.46. The lowest BCUT2D eigenvalue weighted by atomic mass is 9.53. The van der Waals surface area contributed by atoms with Gasteiger partial charge in [0.2, 0.25) is 0 Å². The van der Waals surface area contributed by atoms with Crippen LogP contribution >= 0.6 is 0 Å². The second-order valence-electron chi connectivity index (χ2n) is 11.3. The third kappa shape index (κ3) is 7.38. The van der Waals surface area contributed by atoms with Gasteiger partial charge in [0.25, 0.3) is 0 Å². The summed E-state index contributed by atoms with van der Waals surface area (Å²) in [6.45, 7) is 6.17. The van der Waals surface area contributed by atoms with Gasteiger partial charge in [-0.1, -0.05) is 65.2 Å². The van der Waals surface area contributed by atoms with Crippen LogP contribution in [0.1, 0.15) is 124 Å². The molecule has 5 heteroatoms. The highest BCUT2D eigenvalue weighted by atomic mass is 16.5. The second kappa shape index (κ2) is 12.3. The van der Waals surface area contributed by atoms with Gasteiger partial charge in [-0.3, -0.25) is 0 Å². The molecular weight excluding hydrogens is 400 g/mol. The van der Waals surface area contributed by atoms with Crippen molar-refractivity contribution in [1.29, 1.82) is 0 Å². The van der Waals surface area contributed by atoms with Crippen LogP contribution in [0.2, 0.25) is 0 Å². The van der Waals surface area contributed by atoms with Crippen LogP contribution in [0.3, 0.4) is 0 Å². The zero-order valence-corrected chi connectivity index (χ0v) is 20.9. The molecule has 4 fully saturated rings. The van der Waals surface area contributed by atoms with E-state index in [0.717, 1.165) is 56.3 Å². The van der Waals surface area contributed by atoms with E-state index in [1.165, 1.54) is 57.8 Å². The van der Waals surface area contributed by atoms with E-state index in [4.69, 9.17) is 4.74 Å². The van der Waals surface area contributed by atoms with Gasteiger partial charge in [0, 0.05) is 5.54 Å². The largest absolute Gasteiger partial charge is 0.461 e. The van der Waals surface area contributed by atoms with Crippen LogP contribution in [-0.2, 0) is 9.53 Å². The van der Waals surface area contributed by atoms with E-state index in [-0.39, 0.29) is 23.6 Å². The van der Waals surface area contributed by atoms with Crippen LogP contribution in [0, 0.1) is 17.8 Å². The standard InChI is InChI=1S/C27H48N2O3/c1-4-6-7-8-9-10-11-12-13-24(25(30)32-20(3)5-2)28-26(31)29-27-17-21-14-22(18-27)16-23(15-21)19-27/h20-24H,4-19H2,1-3H3,(H2,28,29,31). The maximum Gasteiger partial charge on any atom is 0.328 e. The van der Waals surface area contributed by atoms with Crippen molar-refractivity contribution in [2.24, 2.45) is 17.8 Å². The first-order valence-electron chi connectivity index (χ1n) is 13.7. The molecule has 0 radical (unpaired) electrons. The molecule has 32 heavy (non-hydrogen) atoms. The van der Waals surface area contributed by atoms with Crippen molar-refractivity contribution in [3.05, 3.63) is 0 Å². The average Bonchev–Trinajstić information content (AvgIpc) is 2.73. The van der Waals surface area contributed by atoms with Gasteiger partial charge in [-0.05, 0) is 76.0 Å². The molecule has 2 unspecified atom stereocenters. The molecule has 184 valence electrons. The summed E-state index contributed by atoms with van der Waals surface area (Å²) < 4.78 is 5.60. The maximum atomic E-state index is 13.0. The van der Waals surface area contributed by atoms with Crippen LogP contribution in [0.25, 0.3) is 0 Å². The number of hydrogen-bond acceptors (Lipinski definition) is 3. The minimum atomic E-state index is -0.544. The zero-order valence-electron chi connectivity index (χ0n) is 20.9. The molecule has 0 aromatic rings. The number of carbonyl (C=O) groups excluding carboxylic acids is 2. The molecule has 0 heterocycles. The fraction of sp³-hybridized carbons (Fsp3) is 0.926. The zero-order chi connectivity index (χ0) is 23.0. The monoisotopic (exact) mass is 448 g/mol. The number of unbranched alkanes of at least 4 members (excludes halogenated alkanes) is 7. The minimum absolute atomic E-state index is 0.0392. The Morgan fingerprint density at radius 2 is 1.41 bits per heavy atom. The molecular formula is C27H48N2O3. The molecule has 2 atom stereocenters. The Bertz CT molecular complexity index is 570. The summed E-state index contributed by atoms with van der Waals surface area (Å²) in [7, 11) is 0. The topological polar surface area (TPSA) is 67.4 Å². The van der Waals surface area contributed by atoms with Gasteiger partial charge in [0.05, 0.1) is 6.10 Å². The smallest absolute Gasteiger partial charge is 0.328 e. The van der Waals surface area contributed by atoms with Crippen molar-refractivity contribution in [3.63, 3.8) is 0 Å². The van der Waals surface area contributed by atoms with E-state index in [0.29, 0.717) is 6.42 Å². The van der Waals surface area contributed by atoms with Gasteiger partial charge in [0.1, 0.15) is 6.04 Å². The van der Waals surface area contributed by atoms with Crippen LogP contribution in [0.5, 0.6) is 0 Å². The van der Waals surface area contributed by atoms with E-state index in [2.05, 4.69) is 17.6 Å². The Labute approximate surface area is 196 Å². The van der Waals surface area contributed by atoms with Crippen molar-refractivity contribution in [3.8, 4) is 0 Å². The first-order chi connectivity index (χ1) is 15.4. The molecule has 0 aromatic heterocycles. The number of esters is 1. The summed E-state index contributed by atoms with van der Waals surface area (Å²) in [5.41, 5.74) is -0.0392. The molecule has 4 saturated carbocycles. The molecule has 4 aliphatic rings. The quantitative estimate of drug-likeness (QED) is 0.235. The lowest BCUT2D eigenvalue weighted by molar-refractivity contribution is -0.150. The van der Waals surface area contributed by atoms with Gasteiger partial charge in [-0.15, -0.1) is 0 Å². The fourth-order valence-electron chi connectivity index (χ4n) is 6.79. The molecule has 5 nitrogen and oxygen atoms in total. The first-order valence-corrected chi connectivity index (χ1v) is 13.7. The number of urea groups is 1. The Morgan fingerprint density at radius 1 is 0.875 bits per heavy atom. The summed E-state index contributed by atoms with van der Waals surface area (Å²) in [4.78, 5) is 25.8. The van der Waals surface area contributed by atoms with Crippen molar-refractivity contribution < 1.29 is 14.3 Å². The van der Waals surface area contributed by atoms with Gasteiger partial charge >= 0.3 is 12.0 Å². The Morgan fingerprint density at radius 3 is 1.94 bits per heavy atom. The number of carbonyl (C=O) groups is 2. The lowest BCUT2D eigenvalue weighted by Gasteiger charge is -2.56. The summed E-state index contributed by atoms with van der Waals surface area (Å²) in [5, 5.41) is 6.37. The molecule has 2 N–H and O–H groups in total. The third-order valence-electron chi connectivity index (χ3n) is 8.25. The van der Waals surface area contributed by atoms with E-state index < -0.39 is 6.04 Å². The van der Waals surface area contributed by atoms with Crippen LogP contribution in [0.4, 0.5) is 4.79 Å². The Kier molecular flexibility index (Phi) is 9.73. The number of ether oxygens (including phenoxy) is 1. The molecule has 0 spiro atoms. The van der Waals surface area contributed by atoms with E-state index in [1.807, 2.05) is 13.8 Å². The third-order valence-corrected chi connectivity index (χ3v) is 8.25. The van der Waals surface area contributed by atoms with Crippen molar-refractivity contribution in [2.75, 3.05) is 0 Å². The molecule has 0 saturated heterocycles. The number of amides is 2. The molecule has 4 aliphatic carbocycles. The summed E-state index contributed by atoms with van der Waals surface area (Å²) in [6.07, 6.45) is 18.5. The van der Waals surface area contributed by atoms with Crippen molar-refractivity contribution in [1.82, 2.24) is 10.6 Å². The summed E-state index contributed by atoms with van der Waals surface area (Å²) in [5.74, 6) is 2.07. The van der Waals surface area contributed by atoms with E-state index >= 15 is 0 Å². The highest BCUT2D eigenvalue weighted by molar-refractivity contribution is 5.84. The summed E-state index contributed by atoms with van der Waals surface area (Å²) in [6, 6.07) is -0.712. The van der Waals surface area contributed by atoms with E-state index in [9.17, 15) is 9.59 Å². The summed E-state index contributed by atoms with van der Waals surface area (Å²) >= 11 is 0. The maximum absolute atomic E-state index is 13.0. The van der Waals surface area contributed by atoms with Crippen molar-refractivity contribution >= 4 is 12.0 Å². The SMILES string of the molecule is CCCCCCCCCCC(NC(=O)NC12CC3CC(CC(C3)C1)C2)C(=O)OC(C)CC. The predicted octanol–water partition coefficient (Wildman–Crippen LogP) is 6.50. The molecule has 0 aliphatic heterocycles. The molecule has 0 aromatic carbocycles. The van der Waals surface area contributed by atoms with Crippen LogP contribution in [0.15, 0.2) is 0 Å². The van der Waals surface area contributed by atoms with Crippen LogP contribution < -0.4 is 10.6 Å². The average molecular weight is 449 g/mol. The molecule has 4 bridgehead atoms. The van der Waals surface area contributed by atoms with Gasteiger partial charge in [-0.25, -0.2) is 9.59 Å².